The van der Waals surface area contributed by atoms with Crippen molar-refractivity contribution in [2.24, 2.45) is 0 Å². The van der Waals surface area contributed by atoms with E-state index in [-0.39, 0.29) is 24.2 Å². The molecule has 0 unspecified atom stereocenters. The third kappa shape index (κ3) is 5.29. The molecule has 1 heterocycles. The number of nitrogens with zero attached hydrogens (tertiary/aromatic N) is 2. The summed E-state index contributed by atoms with van der Waals surface area (Å²) in [5.41, 5.74) is 5.74. The van der Waals surface area contributed by atoms with Crippen molar-refractivity contribution in [1.82, 2.24) is 4.90 Å². The lowest BCUT2D eigenvalue weighted by Gasteiger charge is -2.36. The van der Waals surface area contributed by atoms with Crippen LogP contribution in [-0.4, -0.2) is 50.8 Å². The molecule has 0 aromatic heterocycles. The predicted molar refractivity (Wildman–Crippen MR) is 141 cm³/mol. The van der Waals surface area contributed by atoms with Crippen LogP contribution in [0.2, 0.25) is 0 Å². The molecule has 9 heteroatoms. The summed E-state index contributed by atoms with van der Waals surface area (Å²) in [6.07, 6.45) is -1.24. The zero-order chi connectivity index (χ0) is 24.6. The van der Waals surface area contributed by atoms with Crippen molar-refractivity contribution in [3.05, 3.63) is 87.0 Å². The summed E-state index contributed by atoms with van der Waals surface area (Å²) in [7, 11) is 0. The van der Waals surface area contributed by atoms with Crippen LogP contribution in [0.4, 0.5) is 23.4 Å². The molecule has 1 aliphatic heterocycles. The van der Waals surface area contributed by atoms with Gasteiger partial charge in [-0.15, -0.1) is 0 Å². The van der Waals surface area contributed by atoms with Gasteiger partial charge in [0.05, 0.1) is 0 Å². The summed E-state index contributed by atoms with van der Waals surface area (Å²) >= 11 is 2.05. The van der Waals surface area contributed by atoms with Crippen LogP contribution in [0.15, 0.2) is 66.7 Å². The fourth-order valence-corrected chi connectivity index (χ4v) is 5.75. The molecule has 1 saturated heterocycles. The SMILES string of the molecule is O=C(OCC1c2ccccc2-c2ccccc21)N1CCN(c2cc(I)cc(C[B-](F)(F)F)c2)CC1. The van der Waals surface area contributed by atoms with E-state index in [0.717, 1.165) is 9.26 Å². The molecule has 0 N–H and O–H groups in total. The number of carbonyl (C=O) groups is 1. The van der Waals surface area contributed by atoms with Gasteiger partial charge in [0, 0.05) is 41.4 Å². The highest BCUT2D eigenvalue weighted by molar-refractivity contribution is 14.1. The molecule has 3 aromatic rings. The molecule has 0 bridgehead atoms. The van der Waals surface area contributed by atoms with E-state index >= 15 is 0 Å². The zero-order valence-electron chi connectivity index (χ0n) is 19.0. The molecular weight excluding hydrogens is 567 g/mol. The van der Waals surface area contributed by atoms with Crippen molar-refractivity contribution in [1.29, 1.82) is 0 Å². The summed E-state index contributed by atoms with van der Waals surface area (Å²) in [5.74, 6) is 0.00712. The number of hydrogen-bond donors (Lipinski definition) is 0. The summed E-state index contributed by atoms with van der Waals surface area (Å²) < 4.78 is 45.3. The number of benzene rings is 3. The van der Waals surface area contributed by atoms with Gasteiger partial charge in [0.1, 0.15) is 6.61 Å². The number of halogens is 4. The minimum absolute atomic E-state index is 0.00712. The maximum absolute atomic E-state index is 12.9. The van der Waals surface area contributed by atoms with E-state index in [1.54, 1.807) is 17.0 Å². The van der Waals surface area contributed by atoms with Gasteiger partial charge in [0.25, 0.3) is 0 Å². The van der Waals surface area contributed by atoms with E-state index in [4.69, 9.17) is 4.74 Å². The molecule has 0 radical (unpaired) electrons. The number of rotatable bonds is 5. The molecule has 5 rings (SSSR count). The monoisotopic (exact) mass is 591 g/mol. The van der Waals surface area contributed by atoms with Gasteiger partial charge in [-0.05, 0) is 63.0 Å². The summed E-state index contributed by atoms with van der Waals surface area (Å²) in [6, 6.07) is 21.5. The fraction of sp³-hybridized carbons (Fsp3) is 0.269. The molecule has 35 heavy (non-hydrogen) atoms. The van der Waals surface area contributed by atoms with Crippen LogP contribution in [0.1, 0.15) is 22.6 Å². The average molecular weight is 591 g/mol. The highest BCUT2D eigenvalue weighted by atomic mass is 127. The lowest BCUT2D eigenvalue weighted by Crippen LogP contribution is -2.49. The van der Waals surface area contributed by atoms with Gasteiger partial charge in [-0.25, -0.2) is 4.79 Å². The Bertz CT molecular complexity index is 1200. The van der Waals surface area contributed by atoms with Gasteiger partial charge >= 0.3 is 13.1 Å². The quantitative estimate of drug-likeness (QED) is 0.259. The van der Waals surface area contributed by atoms with Crippen molar-refractivity contribution < 1.29 is 22.5 Å². The Morgan fingerprint density at radius 1 is 0.914 bits per heavy atom. The Labute approximate surface area is 216 Å². The lowest BCUT2D eigenvalue weighted by atomic mass is 9.82. The molecule has 182 valence electrons. The van der Waals surface area contributed by atoms with Crippen molar-refractivity contribution in [2.75, 3.05) is 37.7 Å². The summed E-state index contributed by atoms with van der Waals surface area (Å²) in [6.45, 7) is -2.62. The maximum Gasteiger partial charge on any atom is 0.482 e. The van der Waals surface area contributed by atoms with Crippen LogP contribution in [0.25, 0.3) is 11.1 Å². The molecule has 1 fully saturated rings. The number of ether oxygens (including phenoxy) is 1. The molecule has 1 amide bonds. The van der Waals surface area contributed by atoms with Crippen LogP contribution in [-0.2, 0) is 11.1 Å². The van der Waals surface area contributed by atoms with Crippen LogP contribution in [0.3, 0.4) is 0 Å². The van der Waals surface area contributed by atoms with E-state index in [2.05, 4.69) is 46.9 Å². The van der Waals surface area contributed by atoms with Crippen molar-refractivity contribution in [3.63, 3.8) is 0 Å². The smallest absolute Gasteiger partial charge is 0.449 e. The highest BCUT2D eigenvalue weighted by Crippen LogP contribution is 2.44. The predicted octanol–water partition coefficient (Wildman–Crippen LogP) is 6.29. The second kappa shape index (κ2) is 9.75. The first-order valence-corrected chi connectivity index (χ1v) is 12.7. The molecule has 2 aliphatic rings. The highest BCUT2D eigenvalue weighted by Gasteiger charge is 2.30. The minimum Gasteiger partial charge on any atom is -0.449 e. The number of carbonyl (C=O) groups excluding carboxylic acids is 1. The Hall–Kier alpha value is -2.69. The van der Waals surface area contributed by atoms with Crippen LogP contribution in [0.5, 0.6) is 0 Å². The Morgan fingerprint density at radius 3 is 2.11 bits per heavy atom. The Morgan fingerprint density at radius 2 is 1.51 bits per heavy atom. The Balaban J connectivity index is 1.20. The van der Waals surface area contributed by atoms with E-state index in [0.29, 0.717) is 26.2 Å². The van der Waals surface area contributed by atoms with Gasteiger partial charge in [0.15, 0.2) is 0 Å². The second-order valence-electron chi connectivity index (χ2n) is 9.01. The first kappa shape index (κ1) is 24.0. The molecule has 0 spiro atoms. The topological polar surface area (TPSA) is 32.8 Å². The van der Waals surface area contributed by atoms with Gasteiger partial charge in [-0.2, -0.15) is 0 Å². The second-order valence-corrected chi connectivity index (χ2v) is 10.3. The molecule has 3 aromatic carbocycles. The average Bonchev–Trinajstić information content (AvgIpc) is 3.15. The van der Waals surface area contributed by atoms with E-state index in [1.807, 2.05) is 35.2 Å². The zero-order valence-corrected chi connectivity index (χ0v) is 21.1. The van der Waals surface area contributed by atoms with Gasteiger partial charge in [-0.1, -0.05) is 60.4 Å². The van der Waals surface area contributed by atoms with Gasteiger partial charge in [0.2, 0.25) is 0 Å². The number of anilines is 1. The number of hydrogen-bond acceptors (Lipinski definition) is 3. The fourth-order valence-electron chi connectivity index (χ4n) is 5.03. The van der Waals surface area contributed by atoms with Crippen LogP contribution >= 0.6 is 22.6 Å². The maximum atomic E-state index is 12.9. The molecule has 0 atom stereocenters. The normalized spacial score (nSPS) is 15.7. The van der Waals surface area contributed by atoms with Gasteiger partial charge in [-0.3, -0.25) is 0 Å². The first-order valence-electron chi connectivity index (χ1n) is 11.6. The number of piperazine rings is 1. The minimum atomic E-state index is -4.89. The van der Waals surface area contributed by atoms with Crippen molar-refractivity contribution in [3.8, 4) is 11.1 Å². The largest absolute Gasteiger partial charge is 0.482 e. The van der Waals surface area contributed by atoms with Crippen LogP contribution in [0, 0.1) is 3.57 Å². The summed E-state index contributed by atoms with van der Waals surface area (Å²) in [4.78, 5) is 16.6. The lowest BCUT2D eigenvalue weighted by molar-refractivity contribution is 0.0977. The van der Waals surface area contributed by atoms with Gasteiger partial charge < -0.3 is 27.5 Å². The molecule has 1 aliphatic carbocycles. The molecule has 0 saturated carbocycles. The first-order chi connectivity index (χ1) is 16.8. The van der Waals surface area contributed by atoms with Crippen molar-refractivity contribution in [2.45, 2.75) is 12.2 Å². The standard InChI is InChI=1S/C26H24BF3IN2O2/c28-27(29,30)16-18-13-19(31)15-20(14-18)32-9-11-33(12-10-32)26(34)35-17-25-23-7-3-1-5-21(23)22-6-2-4-8-24(22)25/h1-8,13-15,25H,9-12,16-17H2/q-1. The third-order valence-corrected chi connectivity index (χ3v) is 7.27. The Kier molecular flexibility index (Phi) is 6.70. The molecule has 4 nitrogen and oxygen atoms in total. The molecular formula is C26H24BF3IN2O2-. The third-order valence-electron chi connectivity index (χ3n) is 6.65. The van der Waals surface area contributed by atoms with E-state index in [9.17, 15) is 17.7 Å². The summed E-state index contributed by atoms with van der Waals surface area (Å²) in [5, 5.41) is 0. The van der Waals surface area contributed by atoms with Crippen molar-refractivity contribution >= 4 is 41.3 Å². The number of fused-ring (bicyclic) bond motifs is 3. The van der Waals surface area contributed by atoms with E-state index in [1.165, 1.54) is 22.3 Å². The number of amides is 1. The van der Waals surface area contributed by atoms with E-state index < -0.39 is 13.3 Å². The van der Waals surface area contributed by atoms with Crippen LogP contribution < -0.4 is 4.90 Å².